The number of nitrogens with two attached hydrogens (primary N) is 1. The summed E-state index contributed by atoms with van der Waals surface area (Å²) in [6.07, 6.45) is 3.65. The summed E-state index contributed by atoms with van der Waals surface area (Å²) in [5.74, 6) is 5.84. The van der Waals surface area contributed by atoms with Gasteiger partial charge in [-0.05, 0) is 47.2 Å². The molecule has 1 aromatic heterocycles. The van der Waals surface area contributed by atoms with Crippen LogP contribution in [0.4, 0.5) is 0 Å². The molecule has 0 saturated carbocycles. The van der Waals surface area contributed by atoms with Gasteiger partial charge in [-0.15, -0.1) is 0 Å². The monoisotopic (exact) mass is 297 g/mol. The van der Waals surface area contributed by atoms with E-state index < -0.39 is 0 Å². The van der Waals surface area contributed by atoms with Crippen molar-refractivity contribution in [1.82, 2.24) is 10.4 Å². The van der Waals surface area contributed by atoms with E-state index in [1.807, 2.05) is 42.6 Å². The molecule has 0 aliphatic heterocycles. The fourth-order valence-corrected chi connectivity index (χ4v) is 2.85. The predicted octanol–water partition coefficient (Wildman–Crippen LogP) is 3.75. The Morgan fingerprint density at radius 1 is 1.14 bits per heavy atom. The van der Waals surface area contributed by atoms with Gasteiger partial charge in [0.2, 0.25) is 0 Å². The van der Waals surface area contributed by atoms with Gasteiger partial charge >= 0.3 is 0 Å². The number of fused-ring (bicyclic) bond motifs is 1. The first-order chi connectivity index (χ1) is 10.2. The third-order valence-electron chi connectivity index (χ3n) is 3.74. The number of halogens is 1. The van der Waals surface area contributed by atoms with Crippen molar-refractivity contribution in [2.75, 3.05) is 0 Å². The van der Waals surface area contributed by atoms with Gasteiger partial charge in [0, 0.05) is 22.8 Å². The molecule has 1 atom stereocenters. The van der Waals surface area contributed by atoms with Crippen molar-refractivity contribution >= 4 is 22.4 Å². The smallest absolute Gasteiger partial charge is 0.0719 e. The van der Waals surface area contributed by atoms with Gasteiger partial charge in [-0.25, -0.2) is 5.43 Å². The quantitative estimate of drug-likeness (QED) is 0.572. The van der Waals surface area contributed by atoms with Crippen molar-refractivity contribution in [1.29, 1.82) is 0 Å². The molecule has 3 N–H and O–H groups in total. The largest absolute Gasteiger partial charge is 0.271 e. The van der Waals surface area contributed by atoms with Crippen LogP contribution < -0.4 is 11.3 Å². The van der Waals surface area contributed by atoms with Gasteiger partial charge in [0.25, 0.3) is 0 Å². The molecule has 0 amide bonds. The van der Waals surface area contributed by atoms with Crippen LogP contribution in [-0.2, 0) is 0 Å². The number of rotatable bonds is 3. The molecule has 2 aromatic carbocycles. The highest BCUT2D eigenvalue weighted by molar-refractivity contribution is 6.30. The van der Waals surface area contributed by atoms with E-state index in [-0.39, 0.29) is 6.04 Å². The van der Waals surface area contributed by atoms with Crippen molar-refractivity contribution in [3.05, 3.63) is 76.6 Å². The second kappa shape index (κ2) is 5.82. The van der Waals surface area contributed by atoms with E-state index in [0.717, 1.165) is 27.5 Å². The third kappa shape index (κ3) is 2.63. The second-order valence-corrected chi connectivity index (χ2v) is 5.48. The maximum absolute atomic E-state index is 6.14. The van der Waals surface area contributed by atoms with Crippen LogP contribution in [0, 0.1) is 6.92 Å². The van der Waals surface area contributed by atoms with Crippen molar-refractivity contribution in [2.45, 2.75) is 13.0 Å². The lowest BCUT2D eigenvalue weighted by Gasteiger charge is -2.21. The van der Waals surface area contributed by atoms with Crippen molar-refractivity contribution in [3.63, 3.8) is 0 Å². The van der Waals surface area contributed by atoms with Crippen LogP contribution in [0.1, 0.15) is 22.7 Å². The van der Waals surface area contributed by atoms with Crippen LogP contribution in [0.25, 0.3) is 10.8 Å². The molecular weight excluding hydrogens is 282 g/mol. The van der Waals surface area contributed by atoms with E-state index in [9.17, 15) is 0 Å². The Bertz CT molecular complexity index is 781. The first-order valence-corrected chi connectivity index (χ1v) is 7.13. The number of benzene rings is 2. The third-order valence-corrected chi connectivity index (χ3v) is 3.98. The molecule has 0 fully saturated rings. The molecule has 1 unspecified atom stereocenters. The lowest BCUT2D eigenvalue weighted by atomic mass is 9.92. The topological polar surface area (TPSA) is 50.9 Å². The van der Waals surface area contributed by atoms with Crippen LogP contribution in [0.5, 0.6) is 0 Å². The fraction of sp³-hybridized carbons (Fsp3) is 0.118. The zero-order chi connectivity index (χ0) is 14.8. The zero-order valence-electron chi connectivity index (χ0n) is 11.7. The number of hydrazine groups is 1. The zero-order valence-corrected chi connectivity index (χ0v) is 12.4. The highest BCUT2D eigenvalue weighted by Gasteiger charge is 2.17. The molecule has 0 aliphatic rings. The Balaban J connectivity index is 2.21. The van der Waals surface area contributed by atoms with Crippen LogP contribution in [0.2, 0.25) is 5.02 Å². The highest BCUT2D eigenvalue weighted by atomic mass is 35.5. The molecule has 106 valence electrons. The standard InChI is InChI=1S/C17H16ClN3/c1-11-5-6-13(18)9-16(11)17(21-19)15-4-2-3-12-10-20-8-7-14(12)15/h2-10,17,21H,19H2,1H3. The average molecular weight is 298 g/mol. The normalized spacial score (nSPS) is 12.5. The first kappa shape index (κ1) is 14.0. The Labute approximate surface area is 128 Å². The van der Waals surface area contributed by atoms with E-state index in [1.165, 1.54) is 0 Å². The molecule has 0 spiro atoms. The summed E-state index contributed by atoms with van der Waals surface area (Å²) in [6.45, 7) is 2.06. The minimum absolute atomic E-state index is 0.116. The molecule has 0 aliphatic carbocycles. The Kier molecular flexibility index (Phi) is 3.88. The Hall–Kier alpha value is -1.94. The lowest BCUT2D eigenvalue weighted by Crippen LogP contribution is -2.29. The second-order valence-electron chi connectivity index (χ2n) is 5.04. The first-order valence-electron chi connectivity index (χ1n) is 6.75. The Morgan fingerprint density at radius 2 is 2.00 bits per heavy atom. The van der Waals surface area contributed by atoms with Gasteiger partial charge in [-0.3, -0.25) is 10.8 Å². The summed E-state index contributed by atoms with van der Waals surface area (Å²) < 4.78 is 0. The van der Waals surface area contributed by atoms with Gasteiger partial charge in [0.15, 0.2) is 0 Å². The SMILES string of the molecule is Cc1ccc(Cl)cc1C(NN)c1cccc2cnccc12. The number of nitrogens with zero attached hydrogens (tertiary/aromatic N) is 1. The van der Waals surface area contributed by atoms with Crippen LogP contribution in [-0.4, -0.2) is 4.98 Å². The van der Waals surface area contributed by atoms with Crippen LogP contribution in [0.15, 0.2) is 54.9 Å². The molecule has 0 bridgehead atoms. The summed E-state index contributed by atoms with van der Waals surface area (Å²) in [5.41, 5.74) is 6.25. The molecular formula is C17H16ClN3. The van der Waals surface area contributed by atoms with E-state index in [4.69, 9.17) is 17.4 Å². The van der Waals surface area contributed by atoms with E-state index >= 15 is 0 Å². The van der Waals surface area contributed by atoms with Gasteiger partial charge in [0.05, 0.1) is 6.04 Å². The van der Waals surface area contributed by atoms with Gasteiger partial charge < -0.3 is 0 Å². The number of aryl methyl sites for hydroxylation is 1. The summed E-state index contributed by atoms with van der Waals surface area (Å²) in [4.78, 5) is 4.17. The molecule has 4 heteroatoms. The number of pyridine rings is 1. The molecule has 3 nitrogen and oxygen atoms in total. The molecule has 3 rings (SSSR count). The highest BCUT2D eigenvalue weighted by Crippen LogP contribution is 2.31. The van der Waals surface area contributed by atoms with Crippen molar-refractivity contribution < 1.29 is 0 Å². The van der Waals surface area contributed by atoms with Gasteiger partial charge in [-0.1, -0.05) is 35.9 Å². The maximum atomic E-state index is 6.14. The van der Waals surface area contributed by atoms with Gasteiger partial charge in [-0.2, -0.15) is 0 Å². The number of hydrogen-bond donors (Lipinski definition) is 2. The summed E-state index contributed by atoms with van der Waals surface area (Å²) in [7, 11) is 0. The fourth-order valence-electron chi connectivity index (χ4n) is 2.67. The number of aromatic nitrogens is 1. The Morgan fingerprint density at radius 3 is 2.81 bits per heavy atom. The van der Waals surface area contributed by atoms with Crippen molar-refractivity contribution in [3.8, 4) is 0 Å². The minimum atomic E-state index is -0.116. The van der Waals surface area contributed by atoms with Crippen LogP contribution >= 0.6 is 11.6 Å². The summed E-state index contributed by atoms with van der Waals surface area (Å²) in [6, 6.07) is 13.9. The molecule has 3 aromatic rings. The summed E-state index contributed by atoms with van der Waals surface area (Å²) >= 11 is 6.14. The minimum Gasteiger partial charge on any atom is -0.271 e. The van der Waals surface area contributed by atoms with Gasteiger partial charge in [0.1, 0.15) is 0 Å². The van der Waals surface area contributed by atoms with E-state index in [1.54, 1.807) is 6.20 Å². The number of hydrogen-bond acceptors (Lipinski definition) is 3. The molecule has 0 saturated heterocycles. The molecule has 1 heterocycles. The number of nitrogens with one attached hydrogen (secondary N) is 1. The van der Waals surface area contributed by atoms with Crippen LogP contribution in [0.3, 0.4) is 0 Å². The van der Waals surface area contributed by atoms with E-state index in [2.05, 4.69) is 23.4 Å². The maximum Gasteiger partial charge on any atom is 0.0719 e. The average Bonchev–Trinajstić information content (AvgIpc) is 2.51. The predicted molar refractivity (Wildman–Crippen MR) is 87.1 cm³/mol. The molecule has 21 heavy (non-hydrogen) atoms. The lowest BCUT2D eigenvalue weighted by molar-refractivity contribution is 0.638. The molecule has 0 radical (unpaired) electrons. The van der Waals surface area contributed by atoms with Crippen molar-refractivity contribution in [2.24, 2.45) is 5.84 Å². The summed E-state index contributed by atoms with van der Waals surface area (Å²) in [5, 5.41) is 2.93. The van der Waals surface area contributed by atoms with E-state index in [0.29, 0.717) is 5.02 Å².